The third-order valence-corrected chi connectivity index (χ3v) is 8.20. The second-order valence-electron chi connectivity index (χ2n) is 11.1. The van der Waals surface area contributed by atoms with Crippen LogP contribution in [0.1, 0.15) is 45.8 Å². The number of fused-ring (bicyclic) bond motifs is 1. The van der Waals surface area contributed by atoms with Gasteiger partial charge in [-0.1, -0.05) is 12.1 Å². The Hall–Kier alpha value is -5.25. The van der Waals surface area contributed by atoms with Gasteiger partial charge in [-0.05, 0) is 61.0 Å². The molecular weight excluding hydrogens is 601 g/mol. The maximum absolute atomic E-state index is 15.7. The number of ether oxygens (including phenoxy) is 3. The van der Waals surface area contributed by atoms with Crippen LogP contribution in [0.25, 0.3) is 22.3 Å². The van der Waals surface area contributed by atoms with Crippen LogP contribution < -0.4 is 4.74 Å². The van der Waals surface area contributed by atoms with E-state index in [-0.39, 0.29) is 65.6 Å². The third-order valence-electron chi connectivity index (χ3n) is 8.20. The van der Waals surface area contributed by atoms with Crippen LogP contribution in [0.2, 0.25) is 0 Å². The predicted octanol–water partition coefficient (Wildman–Crippen LogP) is 6.23. The van der Waals surface area contributed by atoms with Crippen molar-refractivity contribution in [3.05, 3.63) is 112 Å². The van der Waals surface area contributed by atoms with Gasteiger partial charge in [0.2, 0.25) is 5.88 Å². The summed E-state index contributed by atoms with van der Waals surface area (Å²) >= 11 is 0. The summed E-state index contributed by atoms with van der Waals surface area (Å²) in [6.07, 6.45) is -0.108. The first kappa shape index (κ1) is 30.8. The Kier molecular flexibility index (Phi) is 8.20. The number of halogens is 3. The topological polar surface area (TPSA) is 119 Å². The van der Waals surface area contributed by atoms with Gasteiger partial charge in [-0.15, -0.1) is 0 Å². The maximum atomic E-state index is 15.7. The standard InChI is InChI=1S/C34H27F3N4O5/c1-34(44-2)18-45-17-30(34)41-29-12-20(33(42)43)8-9-28(29)39-31(41)13-22-11-26(37)23(14-25(22)36)27-4-3-5-32(40-27)46-16-21-7-6-19(15-38)10-24(21)35/h3-12,14,30H,13,16-18H2,1-2H3,(H,42,43). The summed E-state index contributed by atoms with van der Waals surface area (Å²) in [6, 6.07) is 16.6. The Labute approximate surface area is 261 Å². The largest absolute Gasteiger partial charge is 0.478 e. The number of carbonyl (C=O) groups is 1. The number of hydrogen-bond acceptors (Lipinski definition) is 7. The van der Waals surface area contributed by atoms with E-state index in [0.29, 0.717) is 16.9 Å². The summed E-state index contributed by atoms with van der Waals surface area (Å²) in [4.78, 5) is 20.7. The molecule has 1 saturated heterocycles. The molecule has 234 valence electrons. The second-order valence-corrected chi connectivity index (χ2v) is 11.1. The van der Waals surface area contributed by atoms with Gasteiger partial charge in [-0.2, -0.15) is 5.26 Å². The molecule has 0 radical (unpaired) electrons. The minimum atomic E-state index is -1.11. The minimum Gasteiger partial charge on any atom is -0.478 e. The zero-order valence-corrected chi connectivity index (χ0v) is 24.8. The van der Waals surface area contributed by atoms with Crippen molar-refractivity contribution in [2.24, 2.45) is 0 Å². The molecule has 0 saturated carbocycles. The van der Waals surface area contributed by atoms with Crippen molar-refractivity contribution in [1.82, 2.24) is 14.5 Å². The van der Waals surface area contributed by atoms with Gasteiger partial charge in [0.25, 0.3) is 0 Å². The first-order chi connectivity index (χ1) is 22.1. The molecule has 3 aromatic carbocycles. The summed E-state index contributed by atoms with van der Waals surface area (Å²) in [5.41, 5.74) is 0.678. The molecule has 6 rings (SSSR count). The van der Waals surface area contributed by atoms with Crippen LogP contribution >= 0.6 is 0 Å². The first-order valence-electron chi connectivity index (χ1n) is 14.2. The van der Waals surface area contributed by atoms with Crippen LogP contribution in [0, 0.1) is 28.8 Å². The molecule has 0 spiro atoms. The van der Waals surface area contributed by atoms with Crippen molar-refractivity contribution >= 4 is 17.0 Å². The fourth-order valence-corrected chi connectivity index (χ4v) is 5.56. The highest BCUT2D eigenvalue weighted by Gasteiger charge is 2.43. The number of benzene rings is 3. The normalized spacial score (nSPS) is 17.7. The summed E-state index contributed by atoms with van der Waals surface area (Å²) in [7, 11) is 1.55. The molecule has 1 aliphatic heterocycles. The van der Waals surface area contributed by atoms with Gasteiger partial charge in [-0.25, -0.2) is 27.9 Å². The van der Waals surface area contributed by atoms with Crippen molar-refractivity contribution in [3.63, 3.8) is 0 Å². The summed E-state index contributed by atoms with van der Waals surface area (Å²) < 4.78 is 64.4. The number of aromatic carboxylic acids is 1. The lowest BCUT2D eigenvalue weighted by Gasteiger charge is -2.30. The van der Waals surface area contributed by atoms with Gasteiger partial charge >= 0.3 is 5.97 Å². The second kappa shape index (κ2) is 12.3. The lowest BCUT2D eigenvalue weighted by atomic mass is 9.99. The fourth-order valence-electron chi connectivity index (χ4n) is 5.56. The monoisotopic (exact) mass is 628 g/mol. The van der Waals surface area contributed by atoms with Crippen LogP contribution in [-0.2, 0) is 22.5 Å². The Morgan fingerprint density at radius 2 is 1.87 bits per heavy atom. The molecule has 1 fully saturated rings. The van der Waals surface area contributed by atoms with E-state index >= 15 is 8.78 Å². The number of imidazole rings is 1. The van der Waals surface area contributed by atoms with E-state index in [0.717, 1.165) is 18.2 Å². The number of pyridine rings is 1. The van der Waals surface area contributed by atoms with Crippen molar-refractivity contribution in [2.45, 2.75) is 31.6 Å². The summed E-state index contributed by atoms with van der Waals surface area (Å²) in [6.45, 7) is 2.20. The molecule has 1 aliphatic rings. The van der Waals surface area contributed by atoms with Crippen LogP contribution in [0.4, 0.5) is 13.2 Å². The van der Waals surface area contributed by atoms with E-state index in [9.17, 15) is 14.3 Å². The van der Waals surface area contributed by atoms with Gasteiger partial charge < -0.3 is 23.9 Å². The smallest absolute Gasteiger partial charge is 0.335 e. The number of carboxylic acids is 1. The van der Waals surface area contributed by atoms with Gasteiger partial charge in [0.05, 0.1) is 53.2 Å². The van der Waals surface area contributed by atoms with Crippen LogP contribution in [0.15, 0.2) is 66.7 Å². The van der Waals surface area contributed by atoms with Crippen LogP contribution in [0.5, 0.6) is 5.88 Å². The van der Waals surface area contributed by atoms with E-state index in [1.165, 1.54) is 36.4 Å². The number of aromatic nitrogens is 3. The zero-order chi connectivity index (χ0) is 32.6. The van der Waals surface area contributed by atoms with Crippen LogP contribution in [-0.4, -0.2) is 51.5 Å². The summed E-state index contributed by atoms with van der Waals surface area (Å²) in [5, 5.41) is 18.5. The number of carboxylic acid groups (broad SMARTS) is 1. The first-order valence-corrected chi connectivity index (χ1v) is 14.2. The molecule has 2 unspecified atom stereocenters. The van der Waals surface area contributed by atoms with E-state index in [1.807, 2.05) is 13.0 Å². The molecule has 3 heterocycles. The van der Waals surface area contributed by atoms with Crippen molar-refractivity contribution in [1.29, 1.82) is 5.26 Å². The van der Waals surface area contributed by atoms with Crippen molar-refractivity contribution in [2.75, 3.05) is 20.3 Å². The Balaban J connectivity index is 1.31. The van der Waals surface area contributed by atoms with Crippen molar-refractivity contribution in [3.8, 4) is 23.2 Å². The third kappa shape index (κ3) is 5.78. The van der Waals surface area contributed by atoms with E-state index in [1.54, 1.807) is 23.8 Å². The lowest BCUT2D eigenvalue weighted by Crippen LogP contribution is -2.38. The van der Waals surface area contributed by atoms with Crippen LogP contribution in [0.3, 0.4) is 0 Å². The number of methoxy groups -OCH3 is 1. The molecule has 0 amide bonds. The molecule has 0 aliphatic carbocycles. The number of nitriles is 1. The average molecular weight is 629 g/mol. The van der Waals surface area contributed by atoms with E-state index < -0.39 is 35.1 Å². The van der Waals surface area contributed by atoms with Gasteiger partial charge in [-0.3, -0.25) is 0 Å². The molecule has 46 heavy (non-hydrogen) atoms. The highest BCUT2D eigenvalue weighted by Crippen LogP contribution is 2.37. The zero-order valence-electron chi connectivity index (χ0n) is 24.8. The molecule has 12 heteroatoms. The molecule has 2 aromatic heterocycles. The minimum absolute atomic E-state index is 0.0259. The summed E-state index contributed by atoms with van der Waals surface area (Å²) in [5.74, 6) is -2.71. The van der Waals surface area contributed by atoms with Gasteiger partial charge in [0.1, 0.15) is 35.5 Å². The quantitative estimate of drug-likeness (QED) is 0.204. The molecule has 2 atom stereocenters. The number of nitrogens with zero attached hydrogens (tertiary/aromatic N) is 4. The molecule has 5 aromatic rings. The Morgan fingerprint density at radius 3 is 2.61 bits per heavy atom. The Morgan fingerprint density at radius 1 is 1.07 bits per heavy atom. The van der Waals surface area contributed by atoms with E-state index in [4.69, 9.17) is 19.5 Å². The predicted molar refractivity (Wildman–Crippen MR) is 160 cm³/mol. The maximum Gasteiger partial charge on any atom is 0.335 e. The van der Waals surface area contributed by atoms with E-state index in [2.05, 4.69) is 9.97 Å². The molecule has 9 nitrogen and oxygen atoms in total. The average Bonchev–Trinajstić information content (AvgIpc) is 3.60. The Bertz CT molecular complexity index is 2020. The number of hydrogen-bond donors (Lipinski definition) is 1. The number of rotatable bonds is 9. The molecule has 1 N–H and O–H groups in total. The highest BCUT2D eigenvalue weighted by atomic mass is 19.1. The molecule has 0 bridgehead atoms. The fraction of sp³-hybridized carbons (Fsp3) is 0.235. The van der Waals surface area contributed by atoms with Crippen molar-refractivity contribution < 1.29 is 37.3 Å². The lowest BCUT2D eigenvalue weighted by molar-refractivity contribution is -0.0218. The van der Waals surface area contributed by atoms with Gasteiger partial charge in [0.15, 0.2) is 0 Å². The highest BCUT2D eigenvalue weighted by molar-refractivity contribution is 5.92. The van der Waals surface area contributed by atoms with Gasteiger partial charge in [0, 0.05) is 30.7 Å². The SMILES string of the molecule is COC1(C)COCC1n1c(Cc2cc(F)c(-c3cccc(OCc4ccc(C#N)cc4F)n3)cc2F)nc2ccc(C(=O)O)cc21. The molecular formula is C34H27F3N4O5.